The number of Topliss-reactive ketones (excluding diaryl/α,β-unsaturated/α-hetero) is 1. The van der Waals surface area contributed by atoms with Gasteiger partial charge in [0.25, 0.3) is 0 Å². The topological polar surface area (TPSA) is 91.6 Å². The molecule has 2 aromatic heterocycles. The fourth-order valence-electron chi connectivity index (χ4n) is 3.65. The fourth-order valence-corrected chi connectivity index (χ4v) is 5.56. The Morgan fingerprint density at radius 1 is 0.971 bits per heavy atom. The van der Waals surface area contributed by atoms with Crippen molar-refractivity contribution in [1.29, 1.82) is 0 Å². The van der Waals surface area contributed by atoms with Crippen molar-refractivity contribution in [3.63, 3.8) is 0 Å². The van der Waals surface area contributed by atoms with Crippen LogP contribution in [0, 0.1) is 17.0 Å². The van der Waals surface area contributed by atoms with E-state index in [0.29, 0.717) is 35.6 Å². The summed E-state index contributed by atoms with van der Waals surface area (Å²) < 4.78 is 10.9. The molecular formula is C26H24N2O5S2. The van der Waals surface area contributed by atoms with Gasteiger partial charge in [-0.2, -0.15) is 0 Å². The predicted octanol–water partition coefficient (Wildman–Crippen LogP) is 6.98. The number of hydrogen-bond donors (Lipinski definition) is 0. The molecule has 0 aliphatic heterocycles. The van der Waals surface area contributed by atoms with Crippen molar-refractivity contribution in [1.82, 2.24) is 4.98 Å². The van der Waals surface area contributed by atoms with E-state index in [9.17, 15) is 14.9 Å². The number of thiophene rings is 1. The lowest BCUT2D eigenvalue weighted by Crippen LogP contribution is -1.97. The minimum atomic E-state index is -0.473. The van der Waals surface area contributed by atoms with Gasteiger partial charge in [-0.15, -0.1) is 11.3 Å². The number of carbonyl (C=O) groups excluding carboxylic acids is 1. The maximum absolute atomic E-state index is 12.5. The molecular weight excluding hydrogens is 484 g/mol. The number of nitro groups is 1. The molecule has 9 heteroatoms. The van der Waals surface area contributed by atoms with Gasteiger partial charge in [0.05, 0.1) is 39.6 Å². The maximum Gasteiger partial charge on any atom is 0.324 e. The lowest BCUT2D eigenvalue weighted by Gasteiger charge is -2.09. The van der Waals surface area contributed by atoms with E-state index in [2.05, 4.69) is 24.3 Å². The fraction of sp³-hybridized carbons (Fsp3) is 0.231. The lowest BCUT2D eigenvalue weighted by molar-refractivity contribution is -0.380. The number of carbonyl (C=O) groups is 1. The summed E-state index contributed by atoms with van der Waals surface area (Å²) in [5.41, 5.74) is 4.05. The highest BCUT2D eigenvalue weighted by Crippen LogP contribution is 2.41. The molecule has 4 rings (SSSR count). The van der Waals surface area contributed by atoms with Gasteiger partial charge in [0.15, 0.2) is 17.3 Å². The average Bonchev–Trinajstić information content (AvgIpc) is 3.52. The molecule has 0 fully saturated rings. The van der Waals surface area contributed by atoms with E-state index < -0.39 is 4.92 Å². The largest absolute Gasteiger partial charge is 0.493 e. The Morgan fingerprint density at radius 3 is 2.34 bits per heavy atom. The highest BCUT2D eigenvalue weighted by atomic mass is 32.1. The first-order chi connectivity index (χ1) is 16.9. The minimum Gasteiger partial charge on any atom is -0.493 e. The highest BCUT2D eigenvalue weighted by molar-refractivity contribution is 7.17. The van der Waals surface area contributed by atoms with E-state index in [1.807, 2.05) is 25.1 Å². The van der Waals surface area contributed by atoms with E-state index in [4.69, 9.17) is 14.5 Å². The van der Waals surface area contributed by atoms with Crippen LogP contribution in [-0.2, 0) is 6.42 Å². The smallest absolute Gasteiger partial charge is 0.324 e. The number of ketones is 1. The van der Waals surface area contributed by atoms with Gasteiger partial charge in [-0.05, 0) is 49.6 Å². The Hall–Kier alpha value is -3.56. The molecule has 7 nitrogen and oxygen atoms in total. The average molecular weight is 509 g/mol. The number of rotatable bonds is 10. The molecule has 180 valence electrons. The van der Waals surface area contributed by atoms with E-state index in [0.717, 1.165) is 38.0 Å². The monoisotopic (exact) mass is 508 g/mol. The SMILES string of the molecule is COc1ccc(-c2sc(CCCC(=O)c3ccc([N+](=O)[O-])s3)nc2-c2ccc(C)cc2)cc1OC. The standard InChI is InChI=1S/C26H24N2O5S2/c1-16-7-9-17(10-8-16)25-26(18-11-12-20(32-2)21(15-18)33-3)35-23(27-25)6-4-5-19(29)22-13-14-24(34-22)28(30)31/h7-15H,4-6H2,1-3H3. The molecule has 0 N–H and O–H groups in total. The van der Waals surface area contributed by atoms with Crippen molar-refractivity contribution in [2.45, 2.75) is 26.2 Å². The van der Waals surface area contributed by atoms with Gasteiger partial charge < -0.3 is 9.47 Å². The number of benzene rings is 2. The molecule has 35 heavy (non-hydrogen) atoms. The Kier molecular flexibility index (Phi) is 7.57. The molecule has 0 radical (unpaired) electrons. The minimum absolute atomic E-state index is 0.0180. The number of methoxy groups -OCH3 is 2. The Morgan fingerprint density at radius 2 is 1.69 bits per heavy atom. The Bertz CT molecular complexity index is 1360. The van der Waals surface area contributed by atoms with E-state index in [1.165, 1.54) is 17.7 Å². The van der Waals surface area contributed by atoms with Crippen LogP contribution in [-0.4, -0.2) is 29.9 Å². The summed E-state index contributed by atoms with van der Waals surface area (Å²) >= 11 is 2.51. The zero-order chi connectivity index (χ0) is 24.9. The molecule has 0 saturated heterocycles. The summed E-state index contributed by atoms with van der Waals surface area (Å²) in [6.07, 6.45) is 1.55. The lowest BCUT2D eigenvalue weighted by atomic mass is 10.0. The zero-order valence-electron chi connectivity index (χ0n) is 19.6. The number of aromatic nitrogens is 1. The van der Waals surface area contributed by atoms with E-state index >= 15 is 0 Å². The third-order valence-corrected chi connectivity index (χ3v) is 7.73. The number of aryl methyl sites for hydroxylation is 2. The molecule has 0 atom stereocenters. The molecule has 0 saturated carbocycles. The van der Waals surface area contributed by atoms with Crippen LogP contribution in [0.25, 0.3) is 21.7 Å². The molecule has 2 heterocycles. The normalized spacial score (nSPS) is 10.8. The molecule has 0 amide bonds. The second-order valence-electron chi connectivity index (χ2n) is 7.89. The van der Waals surface area contributed by atoms with Gasteiger partial charge in [0.2, 0.25) is 0 Å². The van der Waals surface area contributed by atoms with Crippen LogP contribution in [0.1, 0.15) is 33.1 Å². The molecule has 0 aliphatic carbocycles. The third-order valence-electron chi connectivity index (χ3n) is 5.48. The molecule has 0 spiro atoms. The number of thiazole rings is 1. The number of ether oxygens (including phenoxy) is 2. The quantitative estimate of drug-likeness (QED) is 0.130. The number of hydrogen-bond acceptors (Lipinski definition) is 8. The van der Waals surface area contributed by atoms with E-state index in [-0.39, 0.29) is 10.8 Å². The zero-order valence-corrected chi connectivity index (χ0v) is 21.2. The van der Waals surface area contributed by atoms with Crippen molar-refractivity contribution in [2.24, 2.45) is 0 Å². The van der Waals surface area contributed by atoms with Crippen LogP contribution in [0.4, 0.5) is 5.00 Å². The molecule has 2 aromatic carbocycles. The maximum atomic E-state index is 12.5. The first kappa shape index (κ1) is 24.6. The van der Waals surface area contributed by atoms with E-state index in [1.54, 1.807) is 25.6 Å². The number of nitrogens with zero attached hydrogens (tertiary/aromatic N) is 2. The molecule has 0 aliphatic rings. The van der Waals surface area contributed by atoms with Crippen molar-refractivity contribution in [3.05, 3.63) is 80.2 Å². The molecule has 0 unspecified atom stereocenters. The van der Waals surface area contributed by atoms with Gasteiger partial charge in [0, 0.05) is 18.1 Å². The van der Waals surface area contributed by atoms with Gasteiger partial charge in [-0.1, -0.05) is 41.2 Å². The summed E-state index contributed by atoms with van der Waals surface area (Å²) in [5.74, 6) is 1.22. The summed E-state index contributed by atoms with van der Waals surface area (Å²) in [7, 11) is 3.22. The van der Waals surface area contributed by atoms with Gasteiger partial charge in [-0.25, -0.2) is 4.98 Å². The van der Waals surface area contributed by atoms with Gasteiger partial charge in [-0.3, -0.25) is 14.9 Å². The highest BCUT2D eigenvalue weighted by Gasteiger charge is 2.18. The van der Waals surface area contributed by atoms with Crippen LogP contribution < -0.4 is 9.47 Å². The summed E-state index contributed by atoms with van der Waals surface area (Å²) in [5, 5.41) is 11.8. The summed E-state index contributed by atoms with van der Waals surface area (Å²) in [6.45, 7) is 2.05. The second kappa shape index (κ2) is 10.8. The molecule has 0 bridgehead atoms. The summed E-state index contributed by atoms with van der Waals surface area (Å²) in [4.78, 5) is 29.3. The van der Waals surface area contributed by atoms with Crippen LogP contribution in [0.2, 0.25) is 0 Å². The van der Waals surface area contributed by atoms with Crippen molar-refractivity contribution >= 4 is 33.5 Å². The Balaban J connectivity index is 1.58. The third kappa shape index (κ3) is 5.58. The first-order valence-electron chi connectivity index (χ1n) is 11.0. The Labute approximate surface area is 211 Å². The summed E-state index contributed by atoms with van der Waals surface area (Å²) in [6, 6.07) is 17.0. The molecule has 4 aromatic rings. The van der Waals surface area contributed by atoms with Crippen molar-refractivity contribution in [2.75, 3.05) is 14.2 Å². The predicted molar refractivity (Wildman–Crippen MR) is 139 cm³/mol. The van der Waals surface area contributed by atoms with Crippen LogP contribution in [0.3, 0.4) is 0 Å². The van der Waals surface area contributed by atoms with Crippen LogP contribution >= 0.6 is 22.7 Å². The van der Waals surface area contributed by atoms with Crippen LogP contribution in [0.5, 0.6) is 11.5 Å². The van der Waals surface area contributed by atoms with Gasteiger partial charge in [0.1, 0.15) is 0 Å². The second-order valence-corrected chi connectivity index (χ2v) is 10.0. The van der Waals surface area contributed by atoms with Crippen molar-refractivity contribution in [3.8, 4) is 33.2 Å². The first-order valence-corrected chi connectivity index (χ1v) is 12.6. The van der Waals surface area contributed by atoms with Gasteiger partial charge >= 0.3 is 5.00 Å². The van der Waals surface area contributed by atoms with Crippen LogP contribution in [0.15, 0.2) is 54.6 Å². The van der Waals surface area contributed by atoms with Crippen molar-refractivity contribution < 1.29 is 19.2 Å².